The van der Waals surface area contributed by atoms with Crippen LogP contribution < -0.4 is 5.32 Å². The SMILES string of the molecule is c1cncc(CN2CCNC(C3CCCCC3)C2)c1. The molecule has 0 bridgehead atoms. The number of hydrogen-bond acceptors (Lipinski definition) is 3. The number of rotatable bonds is 3. The Morgan fingerprint density at radius 3 is 2.95 bits per heavy atom. The molecule has 1 saturated carbocycles. The molecule has 3 rings (SSSR count). The summed E-state index contributed by atoms with van der Waals surface area (Å²) in [4.78, 5) is 6.81. The van der Waals surface area contributed by atoms with Gasteiger partial charge in [-0.25, -0.2) is 0 Å². The summed E-state index contributed by atoms with van der Waals surface area (Å²) < 4.78 is 0. The third-order valence-electron chi connectivity index (χ3n) is 4.64. The molecule has 0 spiro atoms. The van der Waals surface area contributed by atoms with Crippen LogP contribution in [-0.4, -0.2) is 35.6 Å². The second-order valence-corrected chi connectivity index (χ2v) is 6.06. The monoisotopic (exact) mass is 259 g/mol. The Morgan fingerprint density at radius 2 is 2.16 bits per heavy atom. The number of nitrogens with zero attached hydrogens (tertiary/aromatic N) is 2. The fourth-order valence-corrected chi connectivity index (χ4v) is 3.59. The molecule has 104 valence electrons. The number of pyridine rings is 1. The molecule has 3 heteroatoms. The molecule has 2 fully saturated rings. The smallest absolute Gasteiger partial charge is 0.0312 e. The predicted molar refractivity (Wildman–Crippen MR) is 77.9 cm³/mol. The van der Waals surface area contributed by atoms with Gasteiger partial charge in [0.05, 0.1) is 0 Å². The van der Waals surface area contributed by atoms with E-state index in [0.717, 1.165) is 25.6 Å². The summed E-state index contributed by atoms with van der Waals surface area (Å²) in [6, 6.07) is 4.94. The maximum atomic E-state index is 4.22. The maximum Gasteiger partial charge on any atom is 0.0312 e. The Balaban J connectivity index is 1.55. The lowest BCUT2D eigenvalue weighted by atomic mass is 9.83. The second-order valence-electron chi connectivity index (χ2n) is 6.06. The van der Waals surface area contributed by atoms with Crippen molar-refractivity contribution in [2.24, 2.45) is 5.92 Å². The molecule has 1 aliphatic heterocycles. The van der Waals surface area contributed by atoms with Crippen LogP contribution in [0, 0.1) is 5.92 Å². The highest BCUT2D eigenvalue weighted by molar-refractivity contribution is 5.08. The molecule has 0 radical (unpaired) electrons. The van der Waals surface area contributed by atoms with Crippen LogP contribution in [0.5, 0.6) is 0 Å². The summed E-state index contributed by atoms with van der Waals surface area (Å²) in [6.45, 7) is 4.57. The molecule has 1 aromatic rings. The van der Waals surface area contributed by atoms with Crippen molar-refractivity contribution in [1.29, 1.82) is 0 Å². The quantitative estimate of drug-likeness (QED) is 0.903. The van der Waals surface area contributed by atoms with E-state index in [1.54, 1.807) is 0 Å². The molecule has 19 heavy (non-hydrogen) atoms. The van der Waals surface area contributed by atoms with Crippen LogP contribution in [-0.2, 0) is 6.54 Å². The summed E-state index contributed by atoms with van der Waals surface area (Å²) in [5.74, 6) is 0.908. The molecule has 1 aliphatic carbocycles. The van der Waals surface area contributed by atoms with E-state index in [1.807, 2.05) is 18.5 Å². The number of aromatic nitrogens is 1. The lowest BCUT2D eigenvalue weighted by molar-refractivity contribution is 0.141. The number of piperazine rings is 1. The van der Waals surface area contributed by atoms with Gasteiger partial charge in [0.1, 0.15) is 0 Å². The summed E-state index contributed by atoms with van der Waals surface area (Å²) in [5.41, 5.74) is 1.34. The van der Waals surface area contributed by atoms with Crippen molar-refractivity contribution < 1.29 is 0 Å². The zero-order valence-electron chi connectivity index (χ0n) is 11.7. The van der Waals surface area contributed by atoms with Crippen molar-refractivity contribution in [1.82, 2.24) is 15.2 Å². The van der Waals surface area contributed by atoms with Crippen LogP contribution >= 0.6 is 0 Å². The average Bonchev–Trinajstić information content (AvgIpc) is 2.49. The summed E-state index contributed by atoms with van der Waals surface area (Å²) >= 11 is 0. The highest BCUT2D eigenvalue weighted by atomic mass is 15.2. The molecular weight excluding hydrogens is 234 g/mol. The van der Waals surface area contributed by atoms with Gasteiger partial charge in [0.25, 0.3) is 0 Å². The first-order chi connectivity index (χ1) is 9.42. The minimum Gasteiger partial charge on any atom is -0.311 e. The minimum absolute atomic E-state index is 0.714. The Morgan fingerprint density at radius 1 is 1.26 bits per heavy atom. The fourth-order valence-electron chi connectivity index (χ4n) is 3.59. The lowest BCUT2D eigenvalue weighted by Crippen LogP contribution is -2.53. The minimum atomic E-state index is 0.714. The standard InChI is InChI=1S/C16H25N3/c1-2-6-15(7-3-1)16-13-19(10-9-18-16)12-14-5-4-8-17-11-14/h4-5,8,11,15-16,18H,1-3,6-7,9-10,12-13H2. The van der Waals surface area contributed by atoms with Crippen LogP contribution in [0.1, 0.15) is 37.7 Å². The third-order valence-corrected chi connectivity index (χ3v) is 4.64. The van der Waals surface area contributed by atoms with Crippen molar-refractivity contribution >= 4 is 0 Å². The molecule has 1 saturated heterocycles. The van der Waals surface area contributed by atoms with Gasteiger partial charge in [-0.3, -0.25) is 9.88 Å². The molecule has 1 unspecified atom stereocenters. The molecule has 2 aliphatic rings. The molecule has 3 nitrogen and oxygen atoms in total. The predicted octanol–water partition coefficient (Wildman–Crippen LogP) is 2.44. The van der Waals surface area contributed by atoms with E-state index < -0.39 is 0 Å². The van der Waals surface area contributed by atoms with E-state index in [0.29, 0.717) is 6.04 Å². The molecule has 1 aromatic heterocycles. The Kier molecular flexibility index (Phi) is 4.46. The van der Waals surface area contributed by atoms with Gasteiger partial charge in [0.15, 0.2) is 0 Å². The van der Waals surface area contributed by atoms with Crippen molar-refractivity contribution in [2.45, 2.75) is 44.7 Å². The lowest BCUT2D eigenvalue weighted by Gasteiger charge is -2.39. The van der Waals surface area contributed by atoms with E-state index in [4.69, 9.17) is 0 Å². The normalized spacial score (nSPS) is 26.4. The first-order valence-corrected chi connectivity index (χ1v) is 7.76. The van der Waals surface area contributed by atoms with Gasteiger partial charge in [-0.2, -0.15) is 0 Å². The van der Waals surface area contributed by atoms with Crippen molar-refractivity contribution in [3.05, 3.63) is 30.1 Å². The van der Waals surface area contributed by atoms with Gasteiger partial charge in [-0.15, -0.1) is 0 Å². The van der Waals surface area contributed by atoms with Gasteiger partial charge in [-0.05, 0) is 30.4 Å². The number of nitrogens with one attached hydrogen (secondary N) is 1. The van der Waals surface area contributed by atoms with Crippen molar-refractivity contribution in [3.8, 4) is 0 Å². The van der Waals surface area contributed by atoms with Crippen LogP contribution in [0.25, 0.3) is 0 Å². The summed E-state index contributed by atoms with van der Waals surface area (Å²) in [7, 11) is 0. The van der Waals surface area contributed by atoms with E-state index >= 15 is 0 Å². The van der Waals surface area contributed by atoms with E-state index in [-0.39, 0.29) is 0 Å². The Bertz CT molecular complexity index is 373. The second kappa shape index (κ2) is 6.49. The average molecular weight is 259 g/mol. The zero-order chi connectivity index (χ0) is 12.9. The van der Waals surface area contributed by atoms with E-state index in [1.165, 1.54) is 44.2 Å². The first kappa shape index (κ1) is 13.1. The Hall–Kier alpha value is -0.930. The maximum absolute atomic E-state index is 4.22. The van der Waals surface area contributed by atoms with Crippen LogP contribution in [0.15, 0.2) is 24.5 Å². The molecular formula is C16H25N3. The van der Waals surface area contributed by atoms with Gasteiger partial charge < -0.3 is 5.32 Å². The van der Waals surface area contributed by atoms with E-state index in [9.17, 15) is 0 Å². The molecule has 1 atom stereocenters. The summed E-state index contributed by atoms with van der Waals surface area (Å²) in [5, 5.41) is 3.75. The van der Waals surface area contributed by atoms with Gasteiger partial charge in [0, 0.05) is 44.6 Å². The van der Waals surface area contributed by atoms with Crippen molar-refractivity contribution in [2.75, 3.05) is 19.6 Å². The molecule has 1 N–H and O–H groups in total. The van der Waals surface area contributed by atoms with Gasteiger partial charge >= 0.3 is 0 Å². The van der Waals surface area contributed by atoms with E-state index in [2.05, 4.69) is 21.3 Å². The van der Waals surface area contributed by atoms with Crippen LogP contribution in [0.2, 0.25) is 0 Å². The highest BCUT2D eigenvalue weighted by Gasteiger charge is 2.27. The largest absolute Gasteiger partial charge is 0.311 e. The zero-order valence-corrected chi connectivity index (χ0v) is 11.7. The third kappa shape index (κ3) is 3.54. The Labute approximate surface area is 116 Å². The van der Waals surface area contributed by atoms with Crippen LogP contribution in [0.3, 0.4) is 0 Å². The topological polar surface area (TPSA) is 28.2 Å². The molecule has 0 aromatic carbocycles. The van der Waals surface area contributed by atoms with Crippen LogP contribution in [0.4, 0.5) is 0 Å². The fraction of sp³-hybridized carbons (Fsp3) is 0.688. The number of hydrogen-bond donors (Lipinski definition) is 1. The van der Waals surface area contributed by atoms with Crippen molar-refractivity contribution in [3.63, 3.8) is 0 Å². The van der Waals surface area contributed by atoms with Gasteiger partial charge in [-0.1, -0.05) is 25.3 Å². The highest BCUT2D eigenvalue weighted by Crippen LogP contribution is 2.27. The van der Waals surface area contributed by atoms with Gasteiger partial charge in [0.2, 0.25) is 0 Å². The summed E-state index contributed by atoms with van der Waals surface area (Å²) in [6.07, 6.45) is 11.0. The first-order valence-electron chi connectivity index (χ1n) is 7.76. The molecule has 0 amide bonds. The molecule has 2 heterocycles.